The standard InChI is InChI=1S/C14H18BrNO5/c1-14(2,3)21-13(19)16-8-11(12(17)18)20-10-6-4-9(15)5-7-10/h4-7,11H,8H2,1-3H3,(H,16,19)(H,17,18). The molecule has 0 saturated carbocycles. The zero-order valence-electron chi connectivity index (χ0n) is 12.1. The van der Waals surface area contributed by atoms with Gasteiger partial charge in [-0.05, 0) is 45.0 Å². The number of aliphatic carboxylic acids is 1. The van der Waals surface area contributed by atoms with Gasteiger partial charge in [-0.3, -0.25) is 0 Å². The van der Waals surface area contributed by atoms with Gasteiger partial charge in [0.2, 0.25) is 6.10 Å². The molecule has 1 atom stereocenters. The van der Waals surface area contributed by atoms with Crippen LogP contribution in [0.15, 0.2) is 28.7 Å². The molecule has 1 rings (SSSR count). The maximum absolute atomic E-state index is 11.5. The first-order valence-corrected chi connectivity index (χ1v) is 7.08. The van der Waals surface area contributed by atoms with Crippen LogP contribution in [0.2, 0.25) is 0 Å². The molecule has 0 bridgehead atoms. The number of nitrogens with one attached hydrogen (secondary N) is 1. The summed E-state index contributed by atoms with van der Waals surface area (Å²) in [4.78, 5) is 22.6. The van der Waals surface area contributed by atoms with E-state index in [1.807, 2.05) is 0 Å². The molecule has 0 radical (unpaired) electrons. The molecule has 0 saturated heterocycles. The summed E-state index contributed by atoms with van der Waals surface area (Å²) in [5.74, 6) is -0.773. The maximum atomic E-state index is 11.5. The predicted molar refractivity (Wildman–Crippen MR) is 80.4 cm³/mol. The van der Waals surface area contributed by atoms with Crippen molar-refractivity contribution in [3.8, 4) is 5.75 Å². The van der Waals surface area contributed by atoms with E-state index < -0.39 is 23.8 Å². The monoisotopic (exact) mass is 359 g/mol. The number of carboxylic acid groups (broad SMARTS) is 1. The largest absolute Gasteiger partial charge is 0.478 e. The van der Waals surface area contributed by atoms with Crippen LogP contribution in [-0.2, 0) is 9.53 Å². The highest BCUT2D eigenvalue weighted by molar-refractivity contribution is 9.10. The van der Waals surface area contributed by atoms with E-state index in [1.165, 1.54) is 0 Å². The molecule has 21 heavy (non-hydrogen) atoms. The molecule has 6 nitrogen and oxygen atoms in total. The van der Waals surface area contributed by atoms with Gasteiger partial charge in [-0.15, -0.1) is 0 Å². The molecule has 1 amide bonds. The molecular formula is C14H18BrNO5. The summed E-state index contributed by atoms with van der Waals surface area (Å²) in [5.41, 5.74) is -0.643. The second-order valence-electron chi connectivity index (χ2n) is 5.28. The molecule has 0 aliphatic carbocycles. The van der Waals surface area contributed by atoms with Crippen LogP contribution in [0.3, 0.4) is 0 Å². The fourth-order valence-electron chi connectivity index (χ4n) is 1.35. The van der Waals surface area contributed by atoms with E-state index in [1.54, 1.807) is 45.0 Å². The van der Waals surface area contributed by atoms with E-state index in [4.69, 9.17) is 14.6 Å². The number of hydrogen-bond acceptors (Lipinski definition) is 4. The Balaban J connectivity index is 2.56. The highest BCUT2D eigenvalue weighted by Crippen LogP contribution is 2.17. The number of carboxylic acids is 1. The van der Waals surface area contributed by atoms with Gasteiger partial charge in [-0.25, -0.2) is 9.59 Å². The molecule has 1 aromatic carbocycles. The van der Waals surface area contributed by atoms with E-state index >= 15 is 0 Å². The van der Waals surface area contributed by atoms with Gasteiger partial charge < -0.3 is 19.9 Å². The molecular weight excluding hydrogens is 342 g/mol. The number of ether oxygens (including phenoxy) is 2. The summed E-state index contributed by atoms with van der Waals surface area (Å²) in [7, 11) is 0. The number of amides is 1. The molecule has 1 unspecified atom stereocenters. The molecule has 0 aliphatic rings. The van der Waals surface area contributed by atoms with E-state index in [2.05, 4.69) is 21.2 Å². The van der Waals surface area contributed by atoms with Gasteiger partial charge in [0.15, 0.2) is 0 Å². The lowest BCUT2D eigenvalue weighted by molar-refractivity contribution is -0.144. The van der Waals surface area contributed by atoms with Gasteiger partial charge >= 0.3 is 12.1 Å². The van der Waals surface area contributed by atoms with E-state index in [0.29, 0.717) is 5.75 Å². The SMILES string of the molecule is CC(C)(C)OC(=O)NCC(Oc1ccc(Br)cc1)C(=O)O. The van der Waals surface area contributed by atoms with Gasteiger partial charge in [0.25, 0.3) is 0 Å². The van der Waals surface area contributed by atoms with Crippen LogP contribution in [0.5, 0.6) is 5.75 Å². The molecule has 0 spiro atoms. The first-order chi connectivity index (χ1) is 9.67. The Bertz CT molecular complexity index is 495. The average molecular weight is 360 g/mol. The first-order valence-electron chi connectivity index (χ1n) is 6.29. The van der Waals surface area contributed by atoms with Gasteiger partial charge in [0.05, 0.1) is 6.54 Å². The normalized spacial score (nSPS) is 12.4. The Labute approximate surface area is 131 Å². The van der Waals surface area contributed by atoms with Crippen LogP contribution in [0, 0.1) is 0 Å². The number of rotatable bonds is 5. The molecule has 2 N–H and O–H groups in total. The fourth-order valence-corrected chi connectivity index (χ4v) is 1.61. The Morgan fingerprint density at radius 3 is 2.33 bits per heavy atom. The zero-order valence-corrected chi connectivity index (χ0v) is 13.6. The minimum atomic E-state index is -1.20. The van der Waals surface area contributed by atoms with Crippen LogP contribution in [0.25, 0.3) is 0 Å². The highest BCUT2D eigenvalue weighted by Gasteiger charge is 2.22. The number of alkyl carbamates (subject to hydrolysis) is 1. The highest BCUT2D eigenvalue weighted by atomic mass is 79.9. The smallest absolute Gasteiger partial charge is 0.407 e. The third kappa shape index (κ3) is 6.99. The quantitative estimate of drug-likeness (QED) is 0.844. The van der Waals surface area contributed by atoms with Crippen LogP contribution in [0.1, 0.15) is 20.8 Å². The van der Waals surface area contributed by atoms with E-state index in [-0.39, 0.29) is 6.54 Å². The summed E-state index contributed by atoms with van der Waals surface area (Å²) in [6.07, 6.45) is -1.88. The second kappa shape index (κ2) is 7.31. The van der Waals surface area contributed by atoms with Gasteiger partial charge in [-0.1, -0.05) is 15.9 Å². The third-order valence-electron chi connectivity index (χ3n) is 2.20. The maximum Gasteiger partial charge on any atom is 0.407 e. The summed E-state index contributed by atoms with van der Waals surface area (Å²) >= 11 is 3.27. The van der Waals surface area contributed by atoms with Crippen LogP contribution in [-0.4, -0.2) is 35.4 Å². The molecule has 0 aromatic heterocycles. The Kier molecular flexibility index (Phi) is 6.02. The topological polar surface area (TPSA) is 84.9 Å². The Hall–Kier alpha value is -1.76. The Morgan fingerprint density at radius 1 is 1.29 bits per heavy atom. The van der Waals surface area contributed by atoms with Crippen molar-refractivity contribution >= 4 is 28.0 Å². The lowest BCUT2D eigenvalue weighted by atomic mass is 10.2. The number of carbonyl (C=O) groups excluding carboxylic acids is 1. The van der Waals surface area contributed by atoms with Gasteiger partial charge in [-0.2, -0.15) is 0 Å². The van der Waals surface area contributed by atoms with Gasteiger partial charge in [0.1, 0.15) is 11.4 Å². The van der Waals surface area contributed by atoms with Crippen LogP contribution >= 0.6 is 15.9 Å². The predicted octanol–water partition coefficient (Wildman–Crippen LogP) is 2.81. The number of halogens is 1. The van der Waals surface area contributed by atoms with Crippen molar-refractivity contribution in [2.75, 3.05) is 6.54 Å². The average Bonchev–Trinajstić information content (AvgIpc) is 2.34. The summed E-state index contributed by atoms with van der Waals surface area (Å²) < 4.78 is 11.2. The summed E-state index contributed by atoms with van der Waals surface area (Å²) in [5, 5.41) is 11.5. The summed E-state index contributed by atoms with van der Waals surface area (Å²) in [6.45, 7) is 4.97. The van der Waals surface area contributed by atoms with Crippen LogP contribution in [0.4, 0.5) is 4.79 Å². The van der Waals surface area contributed by atoms with Crippen molar-refractivity contribution in [3.63, 3.8) is 0 Å². The lowest BCUT2D eigenvalue weighted by Crippen LogP contribution is -2.42. The van der Waals surface area contributed by atoms with Crippen molar-refractivity contribution in [1.82, 2.24) is 5.32 Å². The first kappa shape index (κ1) is 17.3. The van der Waals surface area contributed by atoms with Crippen molar-refractivity contribution in [3.05, 3.63) is 28.7 Å². The van der Waals surface area contributed by atoms with Crippen molar-refractivity contribution < 1.29 is 24.2 Å². The fraction of sp³-hybridized carbons (Fsp3) is 0.429. The number of benzene rings is 1. The van der Waals surface area contributed by atoms with E-state index in [0.717, 1.165) is 4.47 Å². The molecule has 116 valence electrons. The van der Waals surface area contributed by atoms with Crippen molar-refractivity contribution in [2.45, 2.75) is 32.5 Å². The van der Waals surface area contributed by atoms with E-state index in [9.17, 15) is 9.59 Å². The third-order valence-corrected chi connectivity index (χ3v) is 2.73. The molecule has 1 aromatic rings. The lowest BCUT2D eigenvalue weighted by Gasteiger charge is -2.21. The minimum absolute atomic E-state index is 0.194. The molecule has 7 heteroatoms. The second-order valence-corrected chi connectivity index (χ2v) is 6.20. The number of hydrogen-bond donors (Lipinski definition) is 2. The van der Waals surface area contributed by atoms with Crippen molar-refractivity contribution in [2.24, 2.45) is 0 Å². The number of carbonyl (C=O) groups is 2. The van der Waals surface area contributed by atoms with Gasteiger partial charge in [0, 0.05) is 4.47 Å². The summed E-state index contributed by atoms with van der Waals surface area (Å²) in [6, 6.07) is 6.73. The minimum Gasteiger partial charge on any atom is -0.478 e. The van der Waals surface area contributed by atoms with Crippen molar-refractivity contribution in [1.29, 1.82) is 0 Å². The molecule has 0 fully saturated rings. The molecule has 0 aliphatic heterocycles. The Morgan fingerprint density at radius 2 is 1.86 bits per heavy atom. The van der Waals surface area contributed by atoms with Crippen LogP contribution < -0.4 is 10.1 Å². The zero-order chi connectivity index (χ0) is 16.0. The molecule has 0 heterocycles.